The van der Waals surface area contributed by atoms with Gasteiger partial charge in [0.25, 0.3) is 0 Å². The number of ether oxygens (including phenoxy) is 1. The lowest BCUT2D eigenvalue weighted by Gasteiger charge is -2.17. The van der Waals surface area contributed by atoms with Crippen LogP contribution in [0.2, 0.25) is 0 Å². The smallest absolute Gasteiger partial charge is 0.475 e. The lowest BCUT2D eigenvalue weighted by Crippen LogP contribution is -2.48. The summed E-state index contributed by atoms with van der Waals surface area (Å²) in [5.41, 5.74) is 2.23. The van der Waals surface area contributed by atoms with Gasteiger partial charge >= 0.3 is 7.12 Å². The van der Waals surface area contributed by atoms with Gasteiger partial charge in [-0.15, -0.1) is 0 Å². The van der Waals surface area contributed by atoms with E-state index in [1.165, 1.54) is 6.26 Å². The summed E-state index contributed by atoms with van der Waals surface area (Å²) in [6, 6.07) is 14.5. The molecule has 0 aliphatic heterocycles. The summed E-state index contributed by atoms with van der Waals surface area (Å²) in [5.74, 6) is -1.39. The van der Waals surface area contributed by atoms with Crippen LogP contribution in [-0.2, 0) is 22.6 Å². The van der Waals surface area contributed by atoms with E-state index in [1.54, 1.807) is 31.4 Å². The van der Waals surface area contributed by atoms with Crippen molar-refractivity contribution >= 4 is 29.9 Å². The number of nitrogens with one attached hydrogen (secondary N) is 2. The molecule has 0 unspecified atom stereocenters. The molecule has 0 aliphatic rings. The largest absolute Gasteiger partial charge is 0.497 e. The zero-order valence-corrected chi connectivity index (χ0v) is 16.5. The van der Waals surface area contributed by atoms with Crippen LogP contribution in [-0.4, -0.2) is 42.0 Å². The van der Waals surface area contributed by atoms with Gasteiger partial charge in [0.05, 0.1) is 19.3 Å². The molecule has 0 fully saturated rings. The second-order valence-corrected chi connectivity index (χ2v) is 6.85. The minimum Gasteiger partial charge on any atom is -0.497 e. The molecule has 0 spiro atoms. The molecule has 156 valence electrons. The van der Waals surface area contributed by atoms with E-state index in [2.05, 4.69) is 10.6 Å². The Bertz CT molecular complexity index is 1020. The molecular formula is C21H23BN2O6. The van der Waals surface area contributed by atoms with Crippen molar-refractivity contribution in [1.82, 2.24) is 10.6 Å². The van der Waals surface area contributed by atoms with Gasteiger partial charge in [0.2, 0.25) is 11.8 Å². The number of methoxy groups -OCH3 is 1. The fraction of sp³-hybridized carbons (Fsp3) is 0.238. The molecule has 4 N–H and O–H groups in total. The summed E-state index contributed by atoms with van der Waals surface area (Å²) in [5, 5.41) is 25.3. The van der Waals surface area contributed by atoms with E-state index in [-0.39, 0.29) is 13.0 Å². The van der Waals surface area contributed by atoms with E-state index in [0.29, 0.717) is 11.3 Å². The number of benzene rings is 2. The fourth-order valence-corrected chi connectivity index (χ4v) is 3.11. The monoisotopic (exact) mass is 410 g/mol. The minimum absolute atomic E-state index is 0.145. The van der Waals surface area contributed by atoms with Gasteiger partial charge in [0.15, 0.2) is 0 Å². The number of amides is 2. The second-order valence-electron chi connectivity index (χ2n) is 6.85. The second kappa shape index (κ2) is 9.95. The number of para-hydroxylation sites is 1. The number of hydrogen-bond donors (Lipinski definition) is 4. The Labute approximate surface area is 174 Å². The summed E-state index contributed by atoms with van der Waals surface area (Å²) >= 11 is 0. The molecule has 1 heterocycles. The summed E-state index contributed by atoms with van der Waals surface area (Å²) in [6.45, 7) is 0.246. The molecule has 9 heteroatoms. The highest BCUT2D eigenvalue weighted by Gasteiger charge is 2.27. The van der Waals surface area contributed by atoms with E-state index < -0.39 is 31.3 Å². The highest BCUT2D eigenvalue weighted by atomic mass is 16.5. The molecule has 8 nitrogen and oxygen atoms in total. The first-order valence-corrected chi connectivity index (χ1v) is 9.46. The minimum atomic E-state index is -1.79. The third kappa shape index (κ3) is 5.62. The Hall–Kier alpha value is -3.30. The topological polar surface area (TPSA) is 121 Å². The molecule has 2 amide bonds. The third-order valence-electron chi connectivity index (χ3n) is 4.65. The highest BCUT2D eigenvalue weighted by molar-refractivity contribution is 6.43. The lowest BCUT2D eigenvalue weighted by molar-refractivity contribution is -0.129. The van der Waals surface area contributed by atoms with Gasteiger partial charge in [-0.2, -0.15) is 0 Å². The van der Waals surface area contributed by atoms with Crippen molar-refractivity contribution in [3.63, 3.8) is 0 Å². The predicted octanol–water partition coefficient (Wildman–Crippen LogP) is 1.19. The van der Waals surface area contributed by atoms with Crippen LogP contribution in [0.5, 0.6) is 5.75 Å². The maximum absolute atomic E-state index is 12.2. The van der Waals surface area contributed by atoms with Crippen molar-refractivity contribution < 1.29 is 28.8 Å². The first-order chi connectivity index (χ1) is 14.5. The first-order valence-electron chi connectivity index (χ1n) is 9.46. The Morgan fingerprint density at radius 2 is 1.93 bits per heavy atom. The standard InChI is InChI=1S/C21H23BN2O6/c1-29-16-6-4-5-14(9-16)12-23-20(25)11-21(26)24-19(22(27)28)10-15-13-30-18-8-3-2-7-17(15)18/h2-9,13,19,27-28H,10-12H2,1H3,(H,23,25)(H,24,26)/t19-/m0/s1. The molecule has 3 aromatic rings. The predicted molar refractivity (Wildman–Crippen MR) is 111 cm³/mol. The van der Waals surface area contributed by atoms with Crippen molar-refractivity contribution in [1.29, 1.82) is 0 Å². The third-order valence-corrected chi connectivity index (χ3v) is 4.65. The molecule has 1 atom stereocenters. The van der Waals surface area contributed by atoms with Gasteiger partial charge in [-0.3, -0.25) is 9.59 Å². The van der Waals surface area contributed by atoms with E-state index in [4.69, 9.17) is 9.15 Å². The molecule has 0 saturated heterocycles. The molecule has 0 saturated carbocycles. The van der Waals surface area contributed by atoms with Crippen LogP contribution in [0.15, 0.2) is 59.2 Å². The van der Waals surface area contributed by atoms with E-state index in [1.807, 2.05) is 24.3 Å². The zero-order valence-electron chi connectivity index (χ0n) is 16.5. The number of carbonyl (C=O) groups is 2. The summed E-state index contributed by atoms with van der Waals surface area (Å²) in [6.07, 6.45) is 1.23. The average molecular weight is 410 g/mol. The van der Waals surface area contributed by atoms with Gasteiger partial charge in [-0.05, 0) is 35.7 Å². The van der Waals surface area contributed by atoms with Crippen LogP contribution in [0.1, 0.15) is 17.5 Å². The zero-order chi connectivity index (χ0) is 21.5. The average Bonchev–Trinajstić information content (AvgIpc) is 3.15. The van der Waals surface area contributed by atoms with Gasteiger partial charge in [-0.1, -0.05) is 30.3 Å². The van der Waals surface area contributed by atoms with Crippen molar-refractivity contribution in [2.75, 3.05) is 7.11 Å². The highest BCUT2D eigenvalue weighted by Crippen LogP contribution is 2.22. The Morgan fingerprint density at radius 1 is 1.13 bits per heavy atom. The Morgan fingerprint density at radius 3 is 2.70 bits per heavy atom. The van der Waals surface area contributed by atoms with Crippen LogP contribution in [0.4, 0.5) is 0 Å². The van der Waals surface area contributed by atoms with Gasteiger partial charge < -0.3 is 29.8 Å². The summed E-state index contributed by atoms with van der Waals surface area (Å²) in [4.78, 5) is 24.3. The molecule has 3 rings (SSSR count). The first kappa shape index (κ1) is 21.4. The molecule has 0 radical (unpaired) electrons. The van der Waals surface area contributed by atoms with Crippen LogP contribution >= 0.6 is 0 Å². The maximum Gasteiger partial charge on any atom is 0.475 e. The number of furan rings is 1. The molecule has 0 bridgehead atoms. The summed E-state index contributed by atoms with van der Waals surface area (Å²) in [7, 11) is -0.233. The number of carbonyl (C=O) groups excluding carboxylic acids is 2. The van der Waals surface area contributed by atoms with Crippen molar-refractivity contribution in [3.8, 4) is 5.75 Å². The fourth-order valence-electron chi connectivity index (χ4n) is 3.11. The Balaban J connectivity index is 1.53. The molecule has 1 aromatic heterocycles. The van der Waals surface area contributed by atoms with Crippen LogP contribution in [0, 0.1) is 0 Å². The summed E-state index contributed by atoms with van der Waals surface area (Å²) < 4.78 is 10.6. The van der Waals surface area contributed by atoms with E-state index in [9.17, 15) is 19.6 Å². The van der Waals surface area contributed by atoms with Crippen molar-refractivity contribution in [2.24, 2.45) is 0 Å². The normalized spacial score (nSPS) is 11.7. The molecule has 2 aromatic carbocycles. The number of fused-ring (bicyclic) bond motifs is 1. The van der Waals surface area contributed by atoms with Crippen LogP contribution < -0.4 is 15.4 Å². The van der Waals surface area contributed by atoms with E-state index >= 15 is 0 Å². The van der Waals surface area contributed by atoms with Gasteiger partial charge in [0.1, 0.15) is 17.8 Å². The SMILES string of the molecule is COc1cccc(CNC(=O)CC(=O)N[C@@H](Cc2coc3ccccc23)B(O)O)c1. The molecule has 0 aliphatic carbocycles. The van der Waals surface area contributed by atoms with Gasteiger partial charge in [0, 0.05) is 11.9 Å². The molecular weight excluding hydrogens is 387 g/mol. The maximum atomic E-state index is 12.2. The Kier molecular flexibility index (Phi) is 7.10. The van der Waals surface area contributed by atoms with Crippen molar-refractivity contribution in [3.05, 3.63) is 65.9 Å². The van der Waals surface area contributed by atoms with E-state index in [0.717, 1.165) is 16.5 Å². The number of hydrogen-bond acceptors (Lipinski definition) is 6. The van der Waals surface area contributed by atoms with Crippen LogP contribution in [0.3, 0.4) is 0 Å². The van der Waals surface area contributed by atoms with Gasteiger partial charge in [-0.25, -0.2) is 0 Å². The van der Waals surface area contributed by atoms with Crippen molar-refractivity contribution in [2.45, 2.75) is 25.3 Å². The number of rotatable bonds is 9. The van der Waals surface area contributed by atoms with Crippen LogP contribution in [0.25, 0.3) is 11.0 Å². The lowest BCUT2D eigenvalue weighted by atomic mass is 9.76. The molecule has 30 heavy (non-hydrogen) atoms. The quantitative estimate of drug-likeness (QED) is 0.311.